The highest BCUT2D eigenvalue weighted by Crippen LogP contribution is 2.14. The lowest BCUT2D eigenvalue weighted by molar-refractivity contribution is 0.221. The molecule has 1 fully saturated rings. The number of nitrogens with two attached hydrogens (primary N) is 1. The number of piperidine rings is 1. The minimum absolute atomic E-state index is 0.253. The first-order chi connectivity index (χ1) is 8.24. The number of nitrogens with zero attached hydrogens (tertiary/aromatic N) is 1. The smallest absolute Gasteiger partial charge is 0.0233 e. The molecule has 1 saturated heterocycles. The van der Waals surface area contributed by atoms with Gasteiger partial charge in [-0.05, 0) is 50.4 Å². The van der Waals surface area contributed by atoms with Crippen LogP contribution < -0.4 is 5.73 Å². The molecule has 0 amide bonds. The Morgan fingerprint density at radius 2 is 1.65 bits per heavy atom. The van der Waals surface area contributed by atoms with E-state index >= 15 is 0 Å². The molecule has 17 heavy (non-hydrogen) atoms. The first kappa shape index (κ1) is 12.6. The van der Waals surface area contributed by atoms with Crippen molar-refractivity contribution < 1.29 is 0 Å². The highest BCUT2D eigenvalue weighted by molar-refractivity contribution is 5.23. The first-order valence-corrected chi connectivity index (χ1v) is 6.80. The quantitative estimate of drug-likeness (QED) is 0.864. The molecule has 1 heterocycles. The van der Waals surface area contributed by atoms with Crippen LogP contribution in [0, 0.1) is 0 Å². The van der Waals surface area contributed by atoms with Gasteiger partial charge in [0, 0.05) is 12.6 Å². The van der Waals surface area contributed by atoms with Crippen LogP contribution in [0.3, 0.4) is 0 Å². The maximum atomic E-state index is 5.80. The van der Waals surface area contributed by atoms with Crippen molar-refractivity contribution in [3.8, 4) is 0 Å². The lowest BCUT2D eigenvalue weighted by atomic mass is 10.0. The fraction of sp³-hybridized carbons (Fsp3) is 0.600. The van der Waals surface area contributed by atoms with Crippen molar-refractivity contribution >= 4 is 0 Å². The monoisotopic (exact) mass is 232 g/mol. The van der Waals surface area contributed by atoms with Crippen LogP contribution >= 0.6 is 0 Å². The van der Waals surface area contributed by atoms with Crippen LogP contribution in [-0.2, 0) is 13.0 Å². The van der Waals surface area contributed by atoms with Gasteiger partial charge in [0.2, 0.25) is 0 Å². The van der Waals surface area contributed by atoms with E-state index in [2.05, 4.69) is 36.1 Å². The summed E-state index contributed by atoms with van der Waals surface area (Å²) in [6, 6.07) is 9.21. The second-order valence-corrected chi connectivity index (χ2v) is 5.33. The molecule has 0 saturated carbocycles. The van der Waals surface area contributed by atoms with E-state index in [0.717, 1.165) is 13.0 Å². The van der Waals surface area contributed by atoms with Crippen molar-refractivity contribution in [1.29, 1.82) is 0 Å². The van der Waals surface area contributed by atoms with Gasteiger partial charge in [-0.3, -0.25) is 4.90 Å². The van der Waals surface area contributed by atoms with Gasteiger partial charge in [-0.25, -0.2) is 0 Å². The summed E-state index contributed by atoms with van der Waals surface area (Å²) in [5, 5.41) is 0. The summed E-state index contributed by atoms with van der Waals surface area (Å²) in [5.41, 5.74) is 8.58. The van der Waals surface area contributed by atoms with E-state index in [-0.39, 0.29) is 6.04 Å². The van der Waals surface area contributed by atoms with Crippen LogP contribution in [0.2, 0.25) is 0 Å². The molecule has 1 atom stereocenters. The third-order valence-electron chi connectivity index (χ3n) is 3.44. The molecule has 0 aliphatic carbocycles. The standard InChI is InChI=1S/C15H24N2/c1-13(16)11-14-5-7-15(8-6-14)12-17-9-3-2-4-10-17/h5-8,13H,2-4,9-12,16H2,1H3. The maximum Gasteiger partial charge on any atom is 0.0233 e. The Morgan fingerprint density at radius 3 is 2.24 bits per heavy atom. The number of rotatable bonds is 4. The number of likely N-dealkylation sites (tertiary alicyclic amines) is 1. The highest BCUT2D eigenvalue weighted by Gasteiger charge is 2.10. The zero-order valence-corrected chi connectivity index (χ0v) is 10.9. The molecule has 0 aromatic heterocycles. The molecule has 0 bridgehead atoms. The second-order valence-electron chi connectivity index (χ2n) is 5.33. The number of benzene rings is 1. The van der Waals surface area contributed by atoms with Crippen LogP contribution in [0.1, 0.15) is 37.3 Å². The van der Waals surface area contributed by atoms with Crippen molar-refractivity contribution in [2.45, 2.75) is 45.2 Å². The van der Waals surface area contributed by atoms with Gasteiger partial charge in [0.25, 0.3) is 0 Å². The van der Waals surface area contributed by atoms with E-state index in [1.165, 1.54) is 43.5 Å². The van der Waals surface area contributed by atoms with Crippen molar-refractivity contribution in [2.75, 3.05) is 13.1 Å². The van der Waals surface area contributed by atoms with Crippen LogP contribution in [-0.4, -0.2) is 24.0 Å². The average molecular weight is 232 g/mol. The Hall–Kier alpha value is -0.860. The Bertz CT molecular complexity index is 323. The van der Waals surface area contributed by atoms with E-state index < -0.39 is 0 Å². The van der Waals surface area contributed by atoms with Crippen molar-refractivity contribution in [2.24, 2.45) is 5.73 Å². The van der Waals surface area contributed by atoms with Gasteiger partial charge >= 0.3 is 0 Å². The largest absolute Gasteiger partial charge is 0.328 e. The van der Waals surface area contributed by atoms with Crippen LogP contribution in [0.4, 0.5) is 0 Å². The fourth-order valence-electron chi connectivity index (χ4n) is 2.53. The van der Waals surface area contributed by atoms with Crippen molar-refractivity contribution in [3.63, 3.8) is 0 Å². The molecule has 1 aromatic carbocycles. The van der Waals surface area contributed by atoms with Gasteiger partial charge in [0.15, 0.2) is 0 Å². The van der Waals surface area contributed by atoms with Crippen molar-refractivity contribution in [1.82, 2.24) is 4.90 Å². The van der Waals surface area contributed by atoms with E-state index in [1.807, 2.05) is 0 Å². The van der Waals surface area contributed by atoms with E-state index in [4.69, 9.17) is 5.73 Å². The maximum absolute atomic E-state index is 5.80. The van der Waals surface area contributed by atoms with Crippen LogP contribution in [0.25, 0.3) is 0 Å². The SMILES string of the molecule is CC(N)Cc1ccc(CN2CCCCC2)cc1. The Kier molecular flexibility index (Phi) is 4.57. The number of hydrogen-bond donors (Lipinski definition) is 1. The molecular weight excluding hydrogens is 208 g/mol. The molecule has 2 rings (SSSR count). The summed E-state index contributed by atoms with van der Waals surface area (Å²) in [4.78, 5) is 2.56. The van der Waals surface area contributed by atoms with E-state index in [1.54, 1.807) is 0 Å². The normalized spacial score (nSPS) is 19.2. The van der Waals surface area contributed by atoms with E-state index in [9.17, 15) is 0 Å². The molecule has 1 aliphatic heterocycles. The van der Waals surface area contributed by atoms with Gasteiger partial charge in [-0.15, -0.1) is 0 Å². The van der Waals surface area contributed by atoms with Crippen LogP contribution in [0.5, 0.6) is 0 Å². The van der Waals surface area contributed by atoms with Crippen molar-refractivity contribution in [3.05, 3.63) is 35.4 Å². The Balaban J connectivity index is 1.88. The summed E-state index contributed by atoms with van der Waals surface area (Å²) < 4.78 is 0. The van der Waals surface area contributed by atoms with Crippen LogP contribution in [0.15, 0.2) is 24.3 Å². The molecule has 1 aliphatic rings. The summed E-state index contributed by atoms with van der Waals surface area (Å²) in [6.45, 7) is 5.70. The molecular formula is C15H24N2. The second kappa shape index (κ2) is 6.18. The van der Waals surface area contributed by atoms with E-state index in [0.29, 0.717) is 0 Å². The zero-order valence-electron chi connectivity index (χ0n) is 10.9. The fourth-order valence-corrected chi connectivity index (χ4v) is 2.53. The predicted octanol–water partition coefficient (Wildman–Crippen LogP) is 2.56. The Labute approximate surface area is 105 Å². The molecule has 94 valence electrons. The molecule has 1 unspecified atom stereocenters. The molecule has 1 aromatic rings. The predicted molar refractivity (Wildman–Crippen MR) is 72.9 cm³/mol. The lowest BCUT2D eigenvalue weighted by Gasteiger charge is -2.26. The number of hydrogen-bond acceptors (Lipinski definition) is 2. The average Bonchev–Trinajstić information content (AvgIpc) is 2.32. The minimum Gasteiger partial charge on any atom is -0.328 e. The zero-order chi connectivity index (χ0) is 12.1. The van der Waals surface area contributed by atoms with Gasteiger partial charge in [0.1, 0.15) is 0 Å². The third kappa shape index (κ3) is 4.14. The highest BCUT2D eigenvalue weighted by atomic mass is 15.1. The topological polar surface area (TPSA) is 29.3 Å². The van der Waals surface area contributed by atoms with Gasteiger partial charge < -0.3 is 5.73 Å². The van der Waals surface area contributed by atoms with Gasteiger partial charge in [-0.1, -0.05) is 30.7 Å². The summed E-state index contributed by atoms with van der Waals surface area (Å²) in [6.07, 6.45) is 5.11. The van der Waals surface area contributed by atoms with Gasteiger partial charge in [0.05, 0.1) is 0 Å². The third-order valence-corrected chi connectivity index (χ3v) is 3.44. The first-order valence-electron chi connectivity index (χ1n) is 6.80. The minimum atomic E-state index is 0.253. The lowest BCUT2D eigenvalue weighted by Crippen LogP contribution is -2.29. The molecule has 2 N–H and O–H groups in total. The molecule has 0 radical (unpaired) electrons. The molecule has 2 heteroatoms. The van der Waals surface area contributed by atoms with Gasteiger partial charge in [-0.2, -0.15) is 0 Å². The summed E-state index contributed by atoms with van der Waals surface area (Å²) >= 11 is 0. The molecule has 0 spiro atoms. The summed E-state index contributed by atoms with van der Waals surface area (Å²) in [7, 11) is 0. The Morgan fingerprint density at radius 1 is 1.06 bits per heavy atom. The molecule has 2 nitrogen and oxygen atoms in total. The summed E-state index contributed by atoms with van der Waals surface area (Å²) in [5.74, 6) is 0.